The van der Waals surface area contributed by atoms with Crippen LogP contribution in [0.4, 0.5) is 0 Å². The second-order valence-electron chi connectivity index (χ2n) is 4.88. The number of rotatable bonds is 5. The van der Waals surface area contributed by atoms with E-state index < -0.39 is 0 Å². The monoisotopic (exact) mass is 212 g/mol. The molecule has 1 saturated heterocycles. The second-order valence-corrected chi connectivity index (χ2v) is 4.88. The van der Waals surface area contributed by atoms with Crippen LogP contribution in [0.3, 0.4) is 0 Å². The molecule has 15 heavy (non-hydrogen) atoms. The number of hydrogen-bond donors (Lipinski definition) is 1. The van der Waals surface area contributed by atoms with Gasteiger partial charge in [0.15, 0.2) is 0 Å². The molecule has 0 aliphatic carbocycles. The lowest BCUT2D eigenvalue weighted by Gasteiger charge is -2.29. The summed E-state index contributed by atoms with van der Waals surface area (Å²) in [7, 11) is 0. The Morgan fingerprint density at radius 2 is 2.07 bits per heavy atom. The SMILES string of the molecule is CCC1CCCN(C(CC)CCN)CC1. The van der Waals surface area contributed by atoms with Crippen LogP contribution in [0.2, 0.25) is 0 Å². The van der Waals surface area contributed by atoms with Crippen molar-refractivity contribution in [1.29, 1.82) is 0 Å². The zero-order valence-corrected chi connectivity index (χ0v) is 10.5. The molecule has 2 unspecified atom stereocenters. The summed E-state index contributed by atoms with van der Waals surface area (Å²) in [5.41, 5.74) is 5.68. The Hall–Kier alpha value is -0.0800. The number of hydrogen-bond acceptors (Lipinski definition) is 2. The van der Waals surface area contributed by atoms with E-state index in [2.05, 4.69) is 18.7 Å². The number of nitrogens with two attached hydrogens (primary N) is 1. The Kier molecular flexibility index (Phi) is 6.26. The zero-order chi connectivity index (χ0) is 11.1. The van der Waals surface area contributed by atoms with Crippen molar-refractivity contribution in [2.45, 2.75) is 58.4 Å². The van der Waals surface area contributed by atoms with Crippen LogP contribution in [0.1, 0.15) is 52.4 Å². The molecule has 0 aromatic heterocycles. The molecule has 0 radical (unpaired) electrons. The zero-order valence-electron chi connectivity index (χ0n) is 10.5. The van der Waals surface area contributed by atoms with E-state index >= 15 is 0 Å². The van der Waals surface area contributed by atoms with E-state index in [0.717, 1.165) is 18.5 Å². The molecule has 1 fully saturated rings. The summed E-state index contributed by atoms with van der Waals surface area (Å²) in [6, 6.07) is 0.741. The fourth-order valence-corrected chi connectivity index (χ4v) is 2.80. The summed E-state index contributed by atoms with van der Waals surface area (Å²) in [5, 5.41) is 0. The standard InChI is InChI=1S/C13H28N2/c1-3-12-6-5-10-15(11-8-12)13(4-2)7-9-14/h12-13H,3-11,14H2,1-2H3. The molecule has 1 aliphatic heterocycles. The average molecular weight is 212 g/mol. The Labute approximate surface area is 95.2 Å². The highest BCUT2D eigenvalue weighted by atomic mass is 15.2. The van der Waals surface area contributed by atoms with Gasteiger partial charge in [0.2, 0.25) is 0 Å². The normalized spacial score (nSPS) is 26.2. The molecule has 2 N–H and O–H groups in total. The lowest BCUT2D eigenvalue weighted by Crippen LogP contribution is -2.37. The third-order valence-corrected chi connectivity index (χ3v) is 3.95. The van der Waals surface area contributed by atoms with Gasteiger partial charge in [0.1, 0.15) is 0 Å². The molecule has 0 spiro atoms. The van der Waals surface area contributed by atoms with E-state index in [1.54, 1.807) is 0 Å². The molecule has 0 aromatic carbocycles. The van der Waals surface area contributed by atoms with Gasteiger partial charge in [-0.3, -0.25) is 0 Å². The first-order valence-corrected chi connectivity index (χ1v) is 6.75. The second kappa shape index (κ2) is 7.24. The van der Waals surface area contributed by atoms with Crippen molar-refractivity contribution < 1.29 is 0 Å². The molecule has 1 aliphatic rings. The third kappa shape index (κ3) is 4.12. The summed E-state index contributed by atoms with van der Waals surface area (Å²) < 4.78 is 0. The summed E-state index contributed by atoms with van der Waals surface area (Å²) in [6.45, 7) is 8.07. The van der Waals surface area contributed by atoms with Crippen LogP contribution in [0.5, 0.6) is 0 Å². The molecule has 1 rings (SSSR count). The van der Waals surface area contributed by atoms with Crippen LogP contribution < -0.4 is 5.73 Å². The summed E-state index contributed by atoms with van der Waals surface area (Å²) in [6.07, 6.45) is 8.02. The van der Waals surface area contributed by atoms with Gasteiger partial charge < -0.3 is 10.6 Å². The third-order valence-electron chi connectivity index (χ3n) is 3.95. The summed E-state index contributed by atoms with van der Waals surface area (Å²) in [5.74, 6) is 0.977. The molecule has 1 heterocycles. The predicted molar refractivity (Wildman–Crippen MR) is 67.0 cm³/mol. The smallest absolute Gasteiger partial charge is 0.0105 e. The van der Waals surface area contributed by atoms with Gasteiger partial charge in [0.05, 0.1) is 0 Å². The highest BCUT2D eigenvalue weighted by Gasteiger charge is 2.20. The van der Waals surface area contributed by atoms with Gasteiger partial charge >= 0.3 is 0 Å². The first kappa shape index (κ1) is 13.0. The minimum Gasteiger partial charge on any atom is -0.330 e. The van der Waals surface area contributed by atoms with Crippen molar-refractivity contribution in [1.82, 2.24) is 4.90 Å². The number of nitrogens with zero attached hydrogens (tertiary/aromatic N) is 1. The lowest BCUT2D eigenvalue weighted by molar-refractivity contribution is 0.188. The molecular formula is C13H28N2. The fourth-order valence-electron chi connectivity index (χ4n) is 2.80. The first-order chi connectivity index (χ1) is 7.31. The van der Waals surface area contributed by atoms with Crippen molar-refractivity contribution in [2.75, 3.05) is 19.6 Å². The van der Waals surface area contributed by atoms with Crippen molar-refractivity contribution >= 4 is 0 Å². The molecule has 90 valence electrons. The number of likely N-dealkylation sites (tertiary alicyclic amines) is 1. The van der Waals surface area contributed by atoms with Crippen LogP contribution in [-0.2, 0) is 0 Å². The van der Waals surface area contributed by atoms with Gasteiger partial charge in [-0.15, -0.1) is 0 Å². The Balaban J connectivity index is 2.40. The van der Waals surface area contributed by atoms with E-state index in [9.17, 15) is 0 Å². The van der Waals surface area contributed by atoms with Crippen molar-refractivity contribution in [3.63, 3.8) is 0 Å². The lowest BCUT2D eigenvalue weighted by atomic mass is 9.98. The van der Waals surface area contributed by atoms with Gasteiger partial charge in [0.25, 0.3) is 0 Å². The van der Waals surface area contributed by atoms with Crippen LogP contribution in [-0.4, -0.2) is 30.6 Å². The van der Waals surface area contributed by atoms with E-state index in [0.29, 0.717) is 0 Å². The van der Waals surface area contributed by atoms with E-state index in [1.807, 2.05) is 0 Å². The molecule has 0 aromatic rings. The van der Waals surface area contributed by atoms with Crippen molar-refractivity contribution in [3.05, 3.63) is 0 Å². The predicted octanol–water partition coefficient (Wildman–Crippen LogP) is 2.63. The minimum absolute atomic E-state index is 0.741. The van der Waals surface area contributed by atoms with Crippen LogP contribution >= 0.6 is 0 Å². The summed E-state index contributed by atoms with van der Waals surface area (Å²) >= 11 is 0. The average Bonchev–Trinajstić information content (AvgIpc) is 2.51. The fraction of sp³-hybridized carbons (Fsp3) is 1.00. The van der Waals surface area contributed by atoms with Gasteiger partial charge in [-0.05, 0) is 57.7 Å². The van der Waals surface area contributed by atoms with E-state index in [-0.39, 0.29) is 0 Å². The van der Waals surface area contributed by atoms with E-state index in [1.165, 1.54) is 51.6 Å². The quantitative estimate of drug-likeness (QED) is 0.759. The van der Waals surface area contributed by atoms with Gasteiger partial charge in [-0.2, -0.15) is 0 Å². The largest absolute Gasteiger partial charge is 0.330 e. The van der Waals surface area contributed by atoms with Crippen molar-refractivity contribution in [3.8, 4) is 0 Å². The first-order valence-electron chi connectivity index (χ1n) is 6.75. The summed E-state index contributed by atoms with van der Waals surface area (Å²) in [4.78, 5) is 2.68. The molecule has 0 saturated carbocycles. The molecule has 2 nitrogen and oxygen atoms in total. The highest BCUT2D eigenvalue weighted by Crippen LogP contribution is 2.22. The molecule has 2 heteroatoms. The minimum atomic E-state index is 0.741. The Morgan fingerprint density at radius 1 is 1.27 bits per heavy atom. The highest BCUT2D eigenvalue weighted by molar-refractivity contribution is 4.75. The topological polar surface area (TPSA) is 29.3 Å². The van der Waals surface area contributed by atoms with Gasteiger partial charge in [-0.1, -0.05) is 20.3 Å². The van der Waals surface area contributed by atoms with Crippen LogP contribution in [0.25, 0.3) is 0 Å². The molecule has 0 amide bonds. The van der Waals surface area contributed by atoms with Crippen molar-refractivity contribution in [2.24, 2.45) is 11.7 Å². The maximum atomic E-state index is 5.68. The Bertz CT molecular complexity index is 159. The van der Waals surface area contributed by atoms with Gasteiger partial charge in [-0.25, -0.2) is 0 Å². The van der Waals surface area contributed by atoms with Crippen LogP contribution in [0.15, 0.2) is 0 Å². The van der Waals surface area contributed by atoms with Crippen LogP contribution in [0, 0.1) is 5.92 Å². The molecule has 2 atom stereocenters. The van der Waals surface area contributed by atoms with E-state index in [4.69, 9.17) is 5.73 Å². The maximum Gasteiger partial charge on any atom is 0.0105 e. The molecule has 0 bridgehead atoms. The van der Waals surface area contributed by atoms with Gasteiger partial charge in [0, 0.05) is 6.04 Å². The molecular weight excluding hydrogens is 184 g/mol. The Morgan fingerprint density at radius 3 is 2.67 bits per heavy atom. The maximum absolute atomic E-state index is 5.68.